The van der Waals surface area contributed by atoms with E-state index in [9.17, 15) is 14.8 Å². The van der Waals surface area contributed by atoms with Gasteiger partial charge in [-0.2, -0.15) is 4.98 Å². The van der Waals surface area contributed by atoms with Crippen molar-refractivity contribution < 1.29 is 48.0 Å². The van der Waals surface area contributed by atoms with E-state index in [0.717, 1.165) is 27.7 Å². The lowest BCUT2D eigenvalue weighted by molar-refractivity contribution is -0.0501. The molecule has 0 saturated carbocycles. The van der Waals surface area contributed by atoms with Crippen molar-refractivity contribution in [2.45, 2.75) is 38.0 Å². The number of fused-ring (bicyclic) bond motifs is 1. The molecule has 1 fully saturated rings. The van der Waals surface area contributed by atoms with E-state index >= 15 is 0 Å². The summed E-state index contributed by atoms with van der Waals surface area (Å²) in [5.41, 5.74) is 19.0. The predicted octanol–water partition coefficient (Wildman–Crippen LogP) is 1.18. The third-order valence-corrected chi connectivity index (χ3v) is 9.39. The van der Waals surface area contributed by atoms with Gasteiger partial charge < -0.3 is 60.3 Å². The molecule has 4 atom stereocenters. The number of nitrogens with one attached hydrogen (secondary N) is 3. The Bertz CT molecular complexity index is 2240. The Balaban J connectivity index is 0.000000184. The summed E-state index contributed by atoms with van der Waals surface area (Å²) in [5.74, 6) is 2.89. The number of aryl methyl sites for hydroxylation is 1. The van der Waals surface area contributed by atoms with Crippen LogP contribution in [0.5, 0.6) is 17.2 Å². The Morgan fingerprint density at radius 3 is 2.39 bits per heavy atom. The maximum absolute atomic E-state index is 10.9. The predicted molar refractivity (Wildman–Crippen MR) is 196 cm³/mol. The minimum atomic E-state index is -4.75. The Labute approximate surface area is 307 Å². The number of nitrogen functional groups attached to an aromatic ring is 2. The largest absolute Gasteiger partial charge is 0.493 e. The highest BCUT2D eigenvalue weighted by atomic mass is 31.2. The molecule has 0 radical (unpaired) electrons. The van der Waals surface area contributed by atoms with E-state index in [4.69, 9.17) is 45.6 Å². The minimum Gasteiger partial charge on any atom is -0.493 e. The number of aliphatic hydroxyl groups excluding tert-OH is 2. The molecule has 0 aliphatic carbocycles. The van der Waals surface area contributed by atoms with E-state index in [2.05, 4.69) is 35.2 Å². The number of ether oxygens (including phenoxy) is 4. The number of hydrazine groups is 1. The number of nitrogens with two attached hydrogens (primary N) is 2. The second-order valence-electron chi connectivity index (χ2n) is 12.2. The second kappa shape index (κ2) is 15.1. The van der Waals surface area contributed by atoms with Gasteiger partial charge in [-0.15, -0.1) is 0 Å². The molecular weight excluding hydrogens is 729 g/mol. The number of anilines is 4. The van der Waals surface area contributed by atoms with E-state index in [-0.39, 0.29) is 11.8 Å². The zero-order chi connectivity index (χ0) is 39.1. The Morgan fingerprint density at radius 2 is 1.74 bits per heavy atom. The molecule has 21 nitrogen and oxygen atoms in total. The molecule has 0 amide bonds. The number of rotatable bonds is 10. The Kier molecular flexibility index (Phi) is 10.7. The topological polar surface area (TPSA) is 304 Å². The van der Waals surface area contributed by atoms with Gasteiger partial charge in [-0.3, -0.25) is 20.4 Å². The number of aliphatic hydroxyl groups is 2. The summed E-state index contributed by atoms with van der Waals surface area (Å²) in [6.45, 7) is 1.96. The first-order valence-corrected chi connectivity index (χ1v) is 17.7. The number of hydrogen-bond acceptors (Lipinski definition) is 17. The Morgan fingerprint density at radius 1 is 1.04 bits per heavy atom. The number of nitrogens with zero attached hydrogens (tertiary/aromatic N) is 6. The van der Waals surface area contributed by atoms with Crippen LogP contribution < -0.4 is 41.4 Å². The van der Waals surface area contributed by atoms with Crippen LogP contribution in [0.4, 0.5) is 23.3 Å². The van der Waals surface area contributed by atoms with E-state index in [1.807, 2.05) is 31.2 Å². The average molecular weight is 770 g/mol. The van der Waals surface area contributed by atoms with Gasteiger partial charge in [0.15, 0.2) is 23.5 Å². The van der Waals surface area contributed by atoms with Crippen LogP contribution in [0, 0.1) is 12.3 Å². The maximum Gasteiger partial charge on any atom is 0.469 e. The number of phosphoric ester groups is 1. The highest BCUT2D eigenvalue weighted by Gasteiger charge is 2.45. The third kappa shape index (κ3) is 7.33. The van der Waals surface area contributed by atoms with Gasteiger partial charge in [0, 0.05) is 48.6 Å². The quantitative estimate of drug-likeness (QED) is 0.0901. The summed E-state index contributed by atoms with van der Waals surface area (Å²) in [7, 11) is 1.69. The van der Waals surface area contributed by atoms with Crippen LogP contribution >= 0.6 is 7.82 Å². The summed E-state index contributed by atoms with van der Waals surface area (Å²) < 4.78 is 38.4. The van der Waals surface area contributed by atoms with E-state index in [1.54, 1.807) is 33.4 Å². The summed E-state index contributed by atoms with van der Waals surface area (Å²) in [6.07, 6.45) is -2.24. The highest BCUT2D eigenvalue weighted by molar-refractivity contribution is 7.46. The summed E-state index contributed by atoms with van der Waals surface area (Å²) in [6, 6.07) is 7.60. The van der Waals surface area contributed by atoms with Crippen LogP contribution in [0.3, 0.4) is 0 Å². The lowest BCUT2D eigenvalue weighted by Gasteiger charge is -2.25. The molecule has 3 aromatic heterocycles. The van der Waals surface area contributed by atoms with Crippen molar-refractivity contribution in [3.8, 4) is 17.2 Å². The van der Waals surface area contributed by atoms with Gasteiger partial charge in [-0.25, -0.2) is 19.5 Å². The van der Waals surface area contributed by atoms with Crippen molar-refractivity contribution >= 4 is 58.9 Å². The molecule has 2 aliphatic rings. The summed E-state index contributed by atoms with van der Waals surface area (Å²) in [4.78, 5) is 34.3. The molecule has 1 saturated heterocycles. The number of hydrogen-bond donors (Lipinski definition) is 9. The van der Waals surface area contributed by atoms with Crippen molar-refractivity contribution in [2.24, 2.45) is 0 Å². The van der Waals surface area contributed by atoms with Crippen LogP contribution in [0.15, 0.2) is 36.8 Å². The molecule has 5 heterocycles. The van der Waals surface area contributed by atoms with Crippen molar-refractivity contribution in [2.75, 3.05) is 56.8 Å². The SMILES string of the molecule is CN1NC(=N)c2cn([C@@H]3O[C@H](COP(=O)(O)O)[C@@H](O)[C@H]3O)c3ncnc1c23.COc1cc(NCc2ccc3nc(N)nc(N)c3c2C)cc(OC)c1OC. The molecule has 0 spiro atoms. The van der Waals surface area contributed by atoms with Gasteiger partial charge in [0.05, 0.1) is 38.8 Å². The molecule has 54 heavy (non-hydrogen) atoms. The second-order valence-corrected chi connectivity index (χ2v) is 13.4. The zero-order valence-corrected chi connectivity index (χ0v) is 30.6. The zero-order valence-electron chi connectivity index (χ0n) is 29.7. The third-order valence-electron chi connectivity index (χ3n) is 8.90. The standard InChI is InChI=1S/C19H23N5O3.C13H17N6O7P/c1-10-11(5-6-13-16(10)18(20)24-19(21)23-13)9-22-12-7-14(25-2)17(27-4)15(8-12)26-3;1-18-11-7-5(10(14)17-18)2-19(12(7)16-4-15-11)13-9(21)8(20)6(26-13)3-25-27(22,23)24/h5-8,22H,9H2,1-4H3,(H4,20,21,23,24);2,4,6,8-9,13,20-21H,3H2,1H3,(H2,14,17)(H2,22,23,24)/t;6-,8-,9-,13-/m.1/s1. The molecular formula is C32H40N11O10P. The molecule has 0 bridgehead atoms. The lowest BCUT2D eigenvalue weighted by Crippen LogP contribution is -2.42. The first kappa shape index (κ1) is 38.2. The fraction of sp³-hybridized carbons (Fsp3) is 0.344. The van der Waals surface area contributed by atoms with Crippen LogP contribution in [-0.4, -0.2) is 104 Å². The monoisotopic (exact) mass is 769 g/mol. The molecule has 288 valence electrons. The van der Waals surface area contributed by atoms with Crippen LogP contribution in [-0.2, 0) is 20.4 Å². The number of methoxy groups -OCH3 is 3. The normalized spacial score (nSPS) is 19.4. The molecule has 5 aromatic rings. The van der Waals surface area contributed by atoms with Gasteiger partial charge in [0.25, 0.3) is 0 Å². The molecule has 2 aliphatic heterocycles. The first-order chi connectivity index (χ1) is 25.6. The van der Waals surface area contributed by atoms with Gasteiger partial charge in [0.2, 0.25) is 11.7 Å². The number of aromatic nitrogens is 5. The van der Waals surface area contributed by atoms with Gasteiger partial charge >= 0.3 is 7.82 Å². The van der Waals surface area contributed by atoms with E-state index in [0.29, 0.717) is 52.0 Å². The van der Waals surface area contributed by atoms with Crippen LogP contribution in [0.25, 0.3) is 21.9 Å². The maximum atomic E-state index is 10.9. The molecule has 7 rings (SSSR count). The van der Waals surface area contributed by atoms with Crippen molar-refractivity contribution in [1.82, 2.24) is 29.9 Å². The van der Waals surface area contributed by atoms with E-state index in [1.165, 1.54) is 17.1 Å². The van der Waals surface area contributed by atoms with Crippen molar-refractivity contribution in [3.05, 3.63) is 53.5 Å². The Hall–Kier alpha value is -5.54. The average Bonchev–Trinajstić information content (AvgIpc) is 3.65. The highest BCUT2D eigenvalue weighted by Crippen LogP contribution is 2.41. The fourth-order valence-electron chi connectivity index (χ4n) is 6.31. The number of benzene rings is 2. The molecule has 11 N–H and O–H groups in total. The smallest absolute Gasteiger partial charge is 0.469 e. The molecule has 22 heteroatoms. The number of phosphoric acid groups is 1. The van der Waals surface area contributed by atoms with E-state index < -0.39 is 39.0 Å². The van der Waals surface area contributed by atoms with Crippen molar-refractivity contribution in [1.29, 1.82) is 5.41 Å². The number of amidine groups is 1. The first-order valence-electron chi connectivity index (χ1n) is 16.2. The van der Waals surface area contributed by atoms with Crippen molar-refractivity contribution in [3.63, 3.8) is 0 Å². The summed E-state index contributed by atoms with van der Waals surface area (Å²) in [5, 5.41) is 35.0. The molecule has 2 aromatic carbocycles. The van der Waals surface area contributed by atoms with Gasteiger partial charge in [-0.1, -0.05) is 6.07 Å². The lowest BCUT2D eigenvalue weighted by atomic mass is 10.0. The van der Waals surface area contributed by atoms with Gasteiger partial charge in [0.1, 0.15) is 41.9 Å². The van der Waals surface area contributed by atoms with Gasteiger partial charge in [-0.05, 0) is 24.1 Å². The fourth-order valence-corrected chi connectivity index (χ4v) is 6.65. The van der Waals surface area contributed by atoms with Crippen LogP contribution in [0.2, 0.25) is 0 Å². The molecule has 0 unspecified atom stereocenters. The van der Waals surface area contributed by atoms with Crippen LogP contribution in [0.1, 0.15) is 22.9 Å². The summed E-state index contributed by atoms with van der Waals surface area (Å²) >= 11 is 0. The minimum absolute atomic E-state index is 0.0953.